The molecule has 1 rings (SSSR count). The largest absolute Gasteiger partial charge is 0.343 e. The van der Waals surface area contributed by atoms with Crippen LogP contribution in [0.5, 0.6) is 0 Å². The molecule has 1 saturated heterocycles. The van der Waals surface area contributed by atoms with Gasteiger partial charge >= 0.3 is 0 Å². The number of amides is 1. The van der Waals surface area contributed by atoms with E-state index in [1.54, 1.807) is 0 Å². The molecule has 0 aromatic rings. The summed E-state index contributed by atoms with van der Waals surface area (Å²) in [5.74, 6) is 0.916. The van der Waals surface area contributed by atoms with E-state index in [0.717, 1.165) is 12.8 Å². The number of hydrogen-bond acceptors (Lipinski definition) is 1. The van der Waals surface area contributed by atoms with Crippen LogP contribution in [0, 0.1) is 5.92 Å². The summed E-state index contributed by atoms with van der Waals surface area (Å²) in [6, 6.07) is 0.483. The molecule has 0 bridgehead atoms. The minimum atomic E-state index is 0.315. The zero-order chi connectivity index (χ0) is 8.43. The summed E-state index contributed by atoms with van der Waals surface area (Å²) in [6.45, 7) is 4.36. The molecule has 1 amide bonds. The summed E-state index contributed by atoms with van der Waals surface area (Å²) in [6.07, 6.45) is 3.01. The van der Waals surface area contributed by atoms with Crippen LogP contribution >= 0.6 is 0 Å². The van der Waals surface area contributed by atoms with E-state index in [4.69, 9.17) is 0 Å². The molecule has 0 aromatic heterocycles. The fraction of sp³-hybridized carbons (Fsp3) is 0.889. The Morgan fingerprint density at radius 3 is 2.64 bits per heavy atom. The molecular formula is C9H17NO. The van der Waals surface area contributed by atoms with E-state index in [1.165, 1.54) is 6.42 Å². The van der Waals surface area contributed by atoms with E-state index >= 15 is 0 Å². The van der Waals surface area contributed by atoms with Crippen LogP contribution in [-0.2, 0) is 4.79 Å². The number of likely N-dealkylation sites (tertiary alicyclic amines) is 1. The Kier molecular flexibility index (Phi) is 2.53. The maximum absolute atomic E-state index is 11.2. The molecule has 1 unspecified atom stereocenters. The van der Waals surface area contributed by atoms with Gasteiger partial charge in [0.15, 0.2) is 0 Å². The van der Waals surface area contributed by atoms with E-state index in [2.05, 4.69) is 13.8 Å². The van der Waals surface area contributed by atoms with E-state index in [9.17, 15) is 4.79 Å². The van der Waals surface area contributed by atoms with Crippen molar-refractivity contribution in [3.63, 3.8) is 0 Å². The van der Waals surface area contributed by atoms with Crippen molar-refractivity contribution in [1.82, 2.24) is 4.90 Å². The number of piperidine rings is 1. The smallest absolute Gasteiger partial charge is 0.222 e. The molecule has 0 aromatic carbocycles. The average molecular weight is 155 g/mol. The molecule has 0 N–H and O–H groups in total. The third-order valence-corrected chi connectivity index (χ3v) is 2.55. The number of rotatable bonds is 1. The van der Waals surface area contributed by atoms with Crippen molar-refractivity contribution in [2.75, 3.05) is 7.05 Å². The van der Waals surface area contributed by atoms with Gasteiger partial charge in [-0.2, -0.15) is 0 Å². The van der Waals surface area contributed by atoms with E-state index in [-0.39, 0.29) is 0 Å². The van der Waals surface area contributed by atoms with Gasteiger partial charge < -0.3 is 4.90 Å². The van der Waals surface area contributed by atoms with Crippen molar-refractivity contribution in [2.24, 2.45) is 5.92 Å². The van der Waals surface area contributed by atoms with Gasteiger partial charge in [-0.15, -0.1) is 0 Å². The summed E-state index contributed by atoms with van der Waals surface area (Å²) in [5.41, 5.74) is 0. The highest BCUT2D eigenvalue weighted by Gasteiger charge is 2.26. The summed E-state index contributed by atoms with van der Waals surface area (Å²) >= 11 is 0. The molecule has 1 aliphatic rings. The van der Waals surface area contributed by atoms with Crippen LogP contribution in [0.2, 0.25) is 0 Å². The molecule has 0 saturated carbocycles. The SMILES string of the molecule is CC(C)C1CCCC(=O)N1C. The zero-order valence-electron chi connectivity index (χ0n) is 7.63. The molecule has 2 nitrogen and oxygen atoms in total. The van der Waals surface area contributed by atoms with Crippen LogP contribution in [0.1, 0.15) is 33.1 Å². The maximum atomic E-state index is 11.2. The van der Waals surface area contributed by atoms with Crippen molar-refractivity contribution >= 4 is 5.91 Å². The normalized spacial score (nSPS) is 26.4. The second-order valence-electron chi connectivity index (χ2n) is 3.71. The van der Waals surface area contributed by atoms with Gasteiger partial charge in [-0.25, -0.2) is 0 Å². The average Bonchev–Trinajstić information content (AvgIpc) is 1.94. The molecule has 11 heavy (non-hydrogen) atoms. The lowest BCUT2D eigenvalue weighted by Crippen LogP contribution is -2.43. The second-order valence-corrected chi connectivity index (χ2v) is 3.71. The van der Waals surface area contributed by atoms with Gasteiger partial charge in [-0.05, 0) is 18.8 Å². The van der Waals surface area contributed by atoms with Gasteiger partial charge in [0.1, 0.15) is 0 Å². The van der Waals surface area contributed by atoms with Crippen LogP contribution in [0.3, 0.4) is 0 Å². The minimum Gasteiger partial charge on any atom is -0.343 e. The molecule has 1 aliphatic heterocycles. The Hall–Kier alpha value is -0.530. The molecule has 0 spiro atoms. The molecule has 0 radical (unpaired) electrons. The van der Waals surface area contributed by atoms with Gasteiger partial charge in [0.25, 0.3) is 0 Å². The zero-order valence-corrected chi connectivity index (χ0v) is 7.63. The fourth-order valence-electron chi connectivity index (χ4n) is 1.80. The lowest BCUT2D eigenvalue weighted by Gasteiger charge is -2.35. The number of carbonyl (C=O) groups excluding carboxylic acids is 1. The Balaban J connectivity index is 2.58. The Labute approximate surface area is 68.6 Å². The highest BCUT2D eigenvalue weighted by molar-refractivity contribution is 5.76. The predicted octanol–water partition coefficient (Wildman–Crippen LogP) is 1.65. The monoisotopic (exact) mass is 155 g/mol. The van der Waals surface area contributed by atoms with Crippen molar-refractivity contribution < 1.29 is 4.79 Å². The van der Waals surface area contributed by atoms with Crippen LogP contribution in [0.15, 0.2) is 0 Å². The standard InChI is InChI=1S/C9H17NO/c1-7(2)8-5-4-6-9(11)10(8)3/h7-8H,4-6H2,1-3H3. The molecule has 1 atom stereocenters. The van der Waals surface area contributed by atoms with Crippen LogP contribution in [0.25, 0.3) is 0 Å². The summed E-state index contributed by atoms with van der Waals surface area (Å²) < 4.78 is 0. The number of hydrogen-bond donors (Lipinski definition) is 0. The molecule has 1 fully saturated rings. The van der Waals surface area contributed by atoms with Crippen LogP contribution in [-0.4, -0.2) is 23.9 Å². The lowest BCUT2D eigenvalue weighted by atomic mass is 9.93. The Morgan fingerprint density at radius 2 is 2.18 bits per heavy atom. The second kappa shape index (κ2) is 3.24. The topological polar surface area (TPSA) is 20.3 Å². The van der Waals surface area contributed by atoms with Gasteiger partial charge in [0, 0.05) is 19.5 Å². The van der Waals surface area contributed by atoms with Gasteiger partial charge in [0.2, 0.25) is 5.91 Å². The molecule has 1 heterocycles. The first-order valence-electron chi connectivity index (χ1n) is 4.38. The molecular weight excluding hydrogens is 138 g/mol. The van der Waals surface area contributed by atoms with Crippen LogP contribution in [0.4, 0.5) is 0 Å². The highest BCUT2D eigenvalue weighted by atomic mass is 16.2. The molecule has 0 aliphatic carbocycles. The van der Waals surface area contributed by atoms with Crippen molar-refractivity contribution in [1.29, 1.82) is 0 Å². The summed E-state index contributed by atoms with van der Waals surface area (Å²) in [7, 11) is 1.92. The summed E-state index contributed by atoms with van der Waals surface area (Å²) in [4.78, 5) is 13.1. The first-order chi connectivity index (χ1) is 5.13. The molecule has 2 heteroatoms. The Bertz CT molecular complexity index is 154. The van der Waals surface area contributed by atoms with Crippen molar-refractivity contribution in [2.45, 2.75) is 39.2 Å². The first kappa shape index (κ1) is 8.57. The van der Waals surface area contributed by atoms with Gasteiger partial charge in [0.05, 0.1) is 0 Å². The van der Waals surface area contributed by atoms with Crippen molar-refractivity contribution in [3.8, 4) is 0 Å². The van der Waals surface area contributed by atoms with E-state index < -0.39 is 0 Å². The van der Waals surface area contributed by atoms with Crippen molar-refractivity contribution in [3.05, 3.63) is 0 Å². The molecule has 64 valence electrons. The third kappa shape index (κ3) is 1.73. The predicted molar refractivity (Wildman–Crippen MR) is 45.2 cm³/mol. The quantitative estimate of drug-likeness (QED) is 0.564. The summed E-state index contributed by atoms with van der Waals surface area (Å²) in [5, 5.41) is 0. The van der Waals surface area contributed by atoms with E-state index in [1.807, 2.05) is 11.9 Å². The number of nitrogens with zero attached hydrogens (tertiary/aromatic N) is 1. The first-order valence-corrected chi connectivity index (χ1v) is 4.38. The van der Waals surface area contributed by atoms with Gasteiger partial charge in [-0.3, -0.25) is 4.79 Å². The van der Waals surface area contributed by atoms with E-state index in [0.29, 0.717) is 17.9 Å². The number of carbonyl (C=O) groups is 1. The van der Waals surface area contributed by atoms with Gasteiger partial charge in [-0.1, -0.05) is 13.8 Å². The minimum absolute atomic E-state index is 0.315. The highest BCUT2D eigenvalue weighted by Crippen LogP contribution is 2.21. The maximum Gasteiger partial charge on any atom is 0.222 e. The van der Waals surface area contributed by atoms with Crippen LogP contribution < -0.4 is 0 Å². The lowest BCUT2D eigenvalue weighted by molar-refractivity contribution is -0.135. The Morgan fingerprint density at radius 1 is 1.55 bits per heavy atom. The third-order valence-electron chi connectivity index (χ3n) is 2.55. The fourth-order valence-corrected chi connectivity index (χ4v) is 1.80.